The summed E-state index contributed by atoms with van der Waals surface area (Å²) in [5, 5.41) is 16.4. The van der Waals surface area contributed by atoms with Crippen molar-refractivity contribution in [2.45, 2.75) is 52.5 Å². The van der Waals surface area contributed by atoms with Crippen LogP contribution in [0.1, 0.15) is 43.1 Å². The number of amides is 1. The molecule has 22 heavy (non-hydrogen) atoms. The van der Waals surface area contributed by atoms with E-state index in [-0.39, 0.29) is 23.8 Å². The van der Waals surface area contributed by atoms with E-state index in [1.807, 2.05) is 32.5 Å². The Morgan fingerprint density at radius 3 is 2.59 bits per heavy atom. The molecule has 3 atom stereocenters. The summed E-state index contributed by atoms with van der Waals surface area (Å²) in [5.74, 6) is -1.22. The van der Waals surface area contributed by atoms with Crippen LogP contribution >= 0.6 is 0 Å². The summed E-state index contributed by atoms with van der Waals surface area (Å²) in [6, 6.07) is -0.00728. The highest BCUT2D eigenvalue weighted by molar-refractivity contribution is 5.79. The van der Waals surface area contributed by atoms with Gasteiger partial charge in [0, 0.05) is 24.7 Å². The van der Waals surface area contributed by atoms with Gasteiger partial charge in [0.2, 0.25) is 5.91 Å². The van der Waals surface area contributed by atoms with Gasteiger partial charge in [-0.2, -0.15) is 5.10 Å². The Hall–Kier alpha value is -1.85. The van der Waals surface area contributed by atoms with E-state index >= 15 is 0 Å². The fraction of sp³-hybridized carbons (Fsp3) is 0.688. The van der Waals surface area contributed by atoms with Crippen molar-refractivity contribution in [3.05, 3.63) is 17.0 Å². The van der Waals surface area contributed by atoms with E-state index in [1.54, 1.807) is 0 Å². The Labute approximate surface area is 130 Å². The summed E-state index contributed by atoms with van der Waals surface area (Å²) in [7, 11) is 1.90. The first-order valence-electron chi connectivity index (χ1n) is 7.81. The quantitative estimate of drug-likeness (QED) is 0.865. The average Bonchev–Trinajstić information content (AvgIpc) is 2.99. The van der Waals surface area contributed by atoms with Crippen LogP contribution < -0.4 is 5.32 Å². The number of aliphatic carboxylic acids is 1. The standard InChI is InChI=1S/C16H25N3O3/c1-9(7-14-10(2)18-19(4)11(14)3)15(20)17-13-6-5-12(8-13)16(21)22/h9,12-13H,5-8H2,1-4H3,(H,17,20)(H,21,22)/t9?,12-,13+/m0/s1. The molecule has 1 unspecified atom stereocenters. The van der Waals surface area contributed by atoms with Crippen LogP contribution in [-0.4, -0.2) is 32.8 Å². The summed E-state index contributed by atoms with van der Waals surface area (Å²) < 4.78 is 1.84. The summed E-state index contributed by atoms with van der Waals surface area (Å²) in [5.41, 5.74) is 3.18. The Balaban J connectivity index is 1.91. The molecule has 1 amide bonds. The van der Waals surface area contributed by atoms with Gasteiger partial charge in [0.25, 0.3) is 0 Å². The van der Waals surface area contributed by atoms with Crippen molar-refractivity contribution in [1.29, 1.82) is 0 Å². The fourth-order valence-corrected chi connectivity index (χ4v) is 3.19. The zero-order valence-corrected chi connectivity index (χ0v) is 13.7. The molecule has 6 nitrogen and oxygen atoms in total. The first-order valence-corrected chi connectivity index (χ1v) is 7.81. The number of aryl methyl sites for hydroxylation is 2. The minimum atomic E-state index is -0.758. The van der Waals surface area contributed by atoms with Gasteiger partial charge in [0.1, 0.15) is 0 Å². The van der Waals surface area contributed by atoms with Gasteiger partial charge in [0.15, 0.2) is 0 Å². The maximum absolute atomic E-state index is 12.3. The van der Waals surface area contributed by atoms with Crippen LogP contribution in [0.5, 0.6) is 0 Å². The monoisotopic (exact) mass is 307 g/mol. The number of carbonyl (C=O) groups is 2. The van der Waals surface area contributed by atoms with Crippen molar-refractivity contribution in [2.75, 3.05) is 0 Å². The highest BCUT2D eigenvalue weighted by atomic mass is 16.4. The molecule has 1 saturated carbocycles. The fourth-order valence-electron chi connectivity index (χ4n) is 3.19. The molecule has 1 heterocycles. The van der Waals surface area contributed by atoms with Crippen LogP contribution in [0.3, 0.4) is 0 Å². The van der Waals surface area contributed by atoms with Crippen LogP contribution in [0.4, 0.5) is 0 Å². The van der Waals surface area contributed by atoms with E-state index in [1.165, 1.54) is 0 Å². The normalized spacial score (nSPS) is 22.5. The Morgan fingerprint density at radius 2 is 2.09 bits per heavy atom. The number of aromatic nitrogens is 2. The molecule has 1 aliphatic carbocycles. The second-order valence-corrected chi connectivity index (χ2v) is 6.43. The smallest absolute Gasteiger partial charge is 0.306 e. The van der Waals surface area contributed by atoms with Crippen molar-refractivity contribution in [2.24, 2.45) is 18.9 Å². The number of rotatable bonds is 5. The molecule has 2 N–H and O–H groups in total. The topological polar surface area (TPSA) is 84.2 Å². The lowest BCUT2D eigenvalue weighted by Crippen LogP contribution is -2.37. The lowest BCUT2D eigenvalue weighted by molar-refractivity contribution is -0.141. The van der Waals surface area contributed by atoms with Crippen LogP contribution in [0, 0.1) is 25.7 Å². The first-order chi connectivity index (χ1) is 10.3. The molecule has 0 spiro atoms. The molecule has 122 valence electrons. The zero-order chi connectivity index (χ0) is 16.4. The highest BCUT2D eigenvalue weighted by Gasteiger charge is 2.31. The number of nitrogens with one attached hydrogen (secondary N) is 1. The largest absolute Gasteiger partial charge is 0.481 e. The van der Waals surface area contributed by atoms with Crippen LogP contribution in [0.25, 0.3) is 0 Å². The van der Waals surface area contributed by atoms with Gasteiger partial charge in [-0.15, -0.1) is 0 Å². The van der Waals surface area contributed by atoms with E-state index in [2.05, 4.69) is 10.4 Å². The molecule has 1 fully saturated rings. The zero-order valence-electron chi connectivity index (χ0n) is 13.7. The summed E-state index contributed by atoms with van der Waals surface area (Å²) in [4.78, 5) is 23.3. The minimum Gasteiger partial charge on any atom is -0.481 e. The molecule has 0 bridgehead atoms. The number of hydrogen-bond donors (Lipinski definition) is 2. The maximum Gasteiger partial charge on any atom is 0.306 e. The predicted octanol–water partition coefficient (Wildman–Crippen LogP) is 1.59. The second-order valence-electron chi connectivity index (χ2n) is 6.43. The molecule has 0 radical (unpaired) electrons. The first kappa shape index (κ1) is 16.5. The Bertz CT molecular complexity index is 579. The molecule has 1 aromatic rings. The molecular formula is C16H25N3O3. The molecule has 6 heteroatoms. The second kappa shape index (κ2) is 6.50. The number of carbonyl (C=O) groups excluding carboxylic acids is 1. The number of hydrogen-bond acceptors (Lipinski definition) is 3. The molecule has 0 saturated heterocycles. The molecule has 2 rings (SSSR count). The van der Waals surface area contributed by atoms with Gasteiger partial charge in [-0.3, -0.25) is 14.3 Å². The Morgan fingerprint density at radius 1 is 1.41 bits per heavy atom. The van der Waals surface area contributed by atoms with Gasteiger partial charge in [0.05, 0.1) is 11.6 Å². The van der Waals surface area contributed by atoms with Crippen molar-refractivity contribution in [1.82, 2.24) is 15.1 Å². The predicted molar refractivity (Wildman–Crippen MR) is 82.5 cm³/mol. The molecule has 0 aliphatic heterocycles. The van der Waals surface area contributed by atoms with E-state index in [9.17, 15) is 9.59 Å². The summed E-state index contributed by atoms with van der Waals surface area (Å²) in [6.07, 6.45) is 2.60. The van der Waals surface area contributed by atoms with E-state index in [4.69, 9.17) is 5.11 Å². The SMILES string of the molecule is Cc1nn(C)c(C)c1CC(C)C(=O)N[C@@H]1CC[C@H](C(=O)O)C1. The molecule has 1 aromatic heterocycles. The van der Waals surface area contributed by atoms with E-state index < -0.39 is 5.97 Å². The Kier molecular flexibility index (Phi) is 4.88. The van der Waals surface area contributed by atoms with E-state index in [0.29, 0.717) is 19.3 Å². The number of nitrogens with zero attached hydrogens (tertiary/aromatic N) is 2. The van der Waals surface area contributed by atoms with Gasteiger partial charge in [-0.05, 0) is 45.1 Å². The van der Waals surface area contributed by atoms with E-state index in [0.717, 1.165) is 23.4 Å². The summed E-state index contributed by atoms with van der Waals surface area (Å²) in [6.45, 7) is 5.88. The van der Waals surface area contributed by atoms with Crippen molar-refractivity contribution in [3.63, 3.8) is 0 Å². The molecule has 0 aromatic carbocycles. The molecular weight excluding hydrogens is 282 g/mol. The van der Waals surface area contributed by atoms with Gasteiger partial charge >= 0.3 is 5.97 Å². The number of carboxylic acid groups (broad SMARTS) is 1. The molecule has 1 aliphatic rings. The van der Waals surface area contributed by atoms with Crippen LogP contribution in [0.2, 0.25) is 0 Å². The number of carboxylic acids is 1. The van der Waals surface area contributed by atoms with Crippen molar-refractivity contribution < 1.29 is 14.7 Å². The lowest BCUT2D eigenvalue weighted by atomic mass is 9.98. The highest BCUT2D eigenvalue weighted by Crippen LogP contribution is 2.26. The third-order valence-corrected chi connectivity index (χ3v) is 4.75. The van der Waals surface area contributed by atoms with Crippen molar-refractivity contribution in [3.8, 4) is 0 Å². The average molecular weight is 307 g/mol. The lowest BCUT2D eigenvalue weighted by Gasteiger charge is -2.17. The third kappa shape index (κ3) is 3.48. The van der Waals surface area contributed by atoms with Gasteiger partial charge in [-0.25, -0.2) is 0 Å². The van der Waals surface area contributed by atoms with Crippen LogP contribution in [-0.2, 0) is 23.1 Å². The maximum atomic E-state index is 12.3. The van der Waals surface area contributed by atoms with Crippen molar-refractivity contribution >= 4 is 11.9 Å². The third-order valence-electron chi connectivity index (χ3n) is 4.75. The minimum absolute atomic E-state index is 0.00121. The summed E-state index contributed by atoms with van der Waals surface area (Å²) >= 11 is 0. The van der Waals surface area contributed by atoms with Crippen LogP contribution in [0.15, 0.2) is 0 Å². The van der Waals surface area contributed by atoms with Gasteiger partial charge in [-0.1, -0.05) is 6.92 Å². The van der Waals surface area contributed by atoms with Gasteiger partial charge < -0.3 is 10.4 Å².